The van der Waals surface area contributed by atoms with Gasteiger partial charge >= 0.3 is 0 Å². The average molecular weight is 309 g/mol. The summed E-state index contributed by atoms with van der Waals surface area (Å²) in [5.41, 5.74) is 1.56. The molecule has 0 unspecified atom stereocenters. The van der Waals surface area contributed by atoms with E-state index in [0.717, 1.165) is 17.1 Å². The zero-order chi connectivity index (χ0) is 16.2. The molecule has 0 aromatic carbocycles. The Morgan fingerprint density at radius 1 is 1.13 bits per heavy atom. The summed E-state index contributed by atoms with van der Waals surface area (Å²) in [7, 11) is 1.83. The molecule has 0 bridgehead atoms. The lowest BCUT2D eigenvalue weighted by atomic mass is 10.2. The Bertz CT molecular complexity index is 826. The Morgan fingerprint density at radius 2 is 2.00 bits per heavy atom. The van der Waals surface area contributed by atoms with Gasteiger partial charge in [-0.05, 0) is 18.2 Å². The van der Waals surface area contributed by atoms with Gasteiger partial charge in [0.15, 0.2) is 0 Å². The van der Waals surface area contributed by atoms with Gasteiger partial charge in [0, 0.05) is 38.0 Å². The highest BCUT2D eigenvalue weighted by Crippen LogP contribution is 2.19. The van der Waals surface area contributed by atoms with Crippen molar-refractivity contribution in [2.75, 3.05) is 10.6 Å². The van der Waals surface area contributed by atoms with Gasteiger partial charge in [-0.2, -0.15) is 5.10 Å². The van der Waals surface area contributed by atoms with Crippen LogP contribution in [0.2, 0.25) is 0 Å². The number of aromatic nitrogens is 5. The van der Waals surface area contributed by atoms with Gasteiger partial charge in [0.05, 0.1) is 11.9 Å². The molecular formula is C15H15N7O. The van der Waals surface area contributed by atoms with Gasteiger partial charge in [-0.15, -0.1) is 0 Å². The molecule has 3 heterocycles. The van der Waals surface area contributed by atoms with Crippen LogP contribution in [0.3, 0.4) is 0 Å². The zero-order valence-electron chi connectivity index (χ0n) is 12.7. The van der Waals surface area contributed by atoms with E-state index in [1.807, 2.05) is 19.2 Å². The van der Waals surface area contributed by atoms with Gasteiger partial charge in [0.25, 0.3) is 0 Å². The largest absolute Gasteiger partial charge is 0.311 e. The second kappa shape index (κ2) is 6.22. The highest BCUT2D eigenvalue weighted by Gasteiger charge is 2.06. The Balaban J connectivity index is 1.82. The van der Waals surface area contributed by atoms with Crippen LogP contribution in [0.25, 0.3) is 11.3 Å². The molecule has 1 amide bonds. The van der Waals surface area contributed by atoms with E-state index >= 15 is 0 Å². The van der Waals surface area contributed by atoms with Gasteiger partial charge in [0.2, 0.25) is 11.9 Å². The minimum atomic E-state index is -0.157. The predicted molar refractivity (Wildman–Crippen MR) is 86.1 cm³/mol. The number of rotatable bonds is 4. The summed E-state index contributed by atoms with van der Waals surface area (Å²) in [6.45, 7) is 1.44. The summed E-state index contributed by atoms with van der Waals surface area (Å²) in [5, 5.41) is 9.81. The minimum Gasteiger partial charge on any atom is -0.311 e. The van der Waals surface area contributed by atoms with E-state index in [1.54, 1.807) is 35.4 Å². The first-order valence-electron chi connectivity index (χ1n) is 6.94. The molecule has 0 spiro atoms. The maximum atomic E-state index is 11.0. The first-order chi connectivity index (χ1) is 11.1. The summed E-state index contributed by atoms with van der Waals surface area (Å²) in [5.74, 6) is 1.61. The van der Waals surface area contributed by atoms with E-state index in [0.29, 0.717) is 11.8 Å². The third kappa shape index (κ3) is 3.49. The van der Waals surface area contributed by atoms with E-state index in [2.05, 4.69) is 30.7 Å². The fourth-order valence-electron chi connectivity index (χ4n) is 1.99. The van der Waals surface area contributed by atoms with Crippen LogP contribution in [0, 0.1) is 0 Å². The van der Waals surface area contributed by atoms with Crippen molar-refractivity contribution in [3.63, 3.8) is 0 Å². The number of nitrogens with one attached hydrogen (secondary N) is 2. The third-order valence-electron chi connectivity index (χ3n) is 3.08. The highest BCUT2D eigenvalue weighted by molar-refractivity contribution is 5.87. The molecule has 0 saturated carbocycles. The normalized spacial score (nSPS) is 10.3. The standard InChI is InChI=1S/C15H15N7O/c1-10(23)19-13-4-3-11(9-17-13)12-5-7-16-15(20-12)21-14-6-8-18-22(14)2/h3-9H,1-2H3,(H,16,20,21)(H,17,19,23). The molecule has 8 heteroatoms. The summed E-state index contributed by atoms with van der Waals surface area (Å²) in [6.07, 6.45) is 5.01. The Labute approximate surface area is 132 Å². The van der Waals surface area contributed by atoms with Crippen LogP contribution in [0.1, 0.15) is 6.92 Å². The molecule has 23 heavy (non-hydrogen) atoms. The third-order valence-corrected chi connectivity index (χ3v) is 3.08. The number of aryl methyl sites for hydroxylation is 1. The molecular weight excluding hydrogens is 294 g/mol. The van der Waals surface area contributed by atoms with E-state index in [1.165, 1.54) is 6.92 Å². The van der Waals surface area contributed by atoms with Crippen LogP contribution in [0.5, 0.6) is 0 Å². The molecule has 2 N–H and O–H groups in total. The van der Waals surface area contributed by atoms with Gasteiger partial charge in [-0.1, -0.05) is 0 Å². The molecule has 0 aliphatic rings. The minimum absolute atomic E-state index is 0.157. The predicted octanol–water partition coefficient (Wildman–Crippen LogP) is 1.97. The molecule has 0 aliphatic carbocycles. The molecule has 0 radical (unpaired) electrons. The average Bonchev–Trinajstić information content (AvgIpc) is 2.93. The SMILES string of the molecule is CC(=O)Nc1ccc(-c2ccnc(Nc3ccnn3C)n2)cn1. The smallest absolute Gasteiger partial charge is 0.228 e. The Morgan fingerprint density at radius 3 is 2.65 bits per heavy atom. The maximum Gasteiger partial charge on any atom is 0.228 e. The Hall–Kier alpha value is -3.29. The van der Waals surface area contributed by atoms with Gasteiger partial charge in [-0.3, -0.25) is 9.48 Å². The monoisotopic (exact) mass is 309 g/mol. The van der Waals surface area contributed by atoms with Crippen LogP contribution in [0.4, 0.5) is 17.6 Å². The molecule has 0 fully saturated rings. The second-order valence-electron chi connectivity index (χ2n) is 4.84. The van der Waals surface area contributed by atoms with Gasteiger partial charge in [0.1, 0.15) is 11.6 Å². The highest BCUT2D eigenvalue weighted by atomic mass is 16.1. The number of hydrogen-bond donors (Lipinski definition) is 2. The van der Waals surface area contributed by atoms with Crippen molar-refractivity contribution in [3.8, 4) is 11.3 Å². The summed E-state index contributed by atoms with van der Waals surface area (Å²) in [4.78, 5) is 23.8. The number of carbonyl (C=O) groups is 1. The summed E-state index contributed by atoms with van der Waals surface area (Å²) < 4.78 is 1.69. The van der Waals surface area contributed by atoms with E-state index in [4.69, 9.17) is 0 Å². The van der Waals surface area contributed by atoms with E-state index in [-0.39, 0.29) is 5.91 Å². The van der Waals surface area contributed by atoms with Crippen molar-refractivity contribution in [1.29, 1.82) is 0 Å². The van der Waals surface area contributed by atoms with Crippen molar-refractivity contribution < 1.29 is 4.79 Å². The first kappa shape index (κ1) is 14.6. The summed E-state index contributed by atoms with van der Waals surface area (Å²) in [6, 6.07) is 7.20. The van der Waals surface area contributed by atoms with Gasteiger partial charge in [-0.25, -0.2) is 15.0 Å². The van der Waals surface area contributed by atoms with Crippen LogP contribution >= 0.6 is 0 Å². The summed E-state index contributed by atoms with van der Waals surface area (Å²) >= 11 is 0. The number of amides is 1. The van der Waals surface area contributed by atoms with Crippen molar-refractivity contribution in [1.82, 2.24) is 24.7 Å². The lowest BCUT2D eigenvalue weighted by Gasteiger charge is -2.07. The molecule has 3 rings (SSSR count). The lowest BCUT2D eigenvalue weighted by Crippen LogP contribution is -2.07. The number of pyridine rings is 1. The van der Waals surface area contributed by atoms with Crippen molar-refractivity contribution in [3.05, 3.63) is 42.9 Å². The van der Waals surface area contributed by atoms with Crippen molar-refractivity contribution >= 4 is 23.5 Å². The number of hydrogen-bond acceptors (Lipinski definition) is 6. The number of carbonyl (C=O) groups excluding carboxylic acids is 1. The topological polar surface area (TPSA) is 97.6 Å². The lowest BCUT2D eigenvalue weighted by molar-refractivity contribution is -0.114. The second-order valence-corrected chi connectivity index (χ2v) is 4.84. The quantitative estimate of drug-likeness (QED) is 0.764. The number of anilines is 3. The molecule has 0 saturated heterocycles. The molecule has 3 aromatic rings. The zero-order valence-corrected chi connectivity index (χ0v) is 12.7. The fourth-order valence-corrected chi connectivity index (χ4v) is 1.99. The first-order valence-corrected chi connectivity index (χ1v) is 6.94. The molecule has 0 atom stereocenters. The van der Waals surface area contributed by atoms with Crippen LogP contribution in [-0.2, 0) is 11.8 Å². The van der Waals surface area contributed by atoms with E-state index < -0.39 is 0 Å². The van der Waals surface area contributed by atoms with Gasteiger partial charge < -0.3 is 10.6 Å². The molecule has 0 aliphatic heterocycles. The Kier molecular flexibility index (Phi) is 3.96. The van der Waals surface area contributed by atoms with Crippen LogP contribution < -0.4 is 10.6 Å². The van der Waals surface area contributed by atoms with E-state index in [9.17, 15) is 4.79 Å². The van der Waals surface area contributed by atoms with Crippen LogP contribution in [0.15, 0.2) is 42.9 Å². The molecule has 3 aromatic heterocycles. The molecule has 8 nitrogen and oxygen atoms in total. The van der Waals surface area contributed by atoms with Crippen molar-refractivity contribution in [2.45, 2.75) is 6.92 Å². The fraction of sp³-hybridized carbons (Fsp3) is 0.133. The van der Waals surface area contributed by atoms with Crippen molar-refractivity contribution in [2.24, 2.45) is 7.05 Å². The maximum absolute atomic E-state index is 11.0. The number of nitrogens with zero attached hydrogens (tertiary/aromatic N) is 5. The van der Waals surface area contributed by atoms with Crippen LogP contribution in [-0.4, -0.2) is 30.6 Å². The molecule has 116 valence electrons.